The van der Waals surface area contributed by atoms with E-state index >= 15 is 0 Å². The highest BCUT2D eigenvalue weighted by Crippen LogP contribution is 2.28. The predicted octanol–water partition coefficient (Wildman–Crippen LogP) is 3.41. The lowest BCUT2D eigenvalue weighted by molar-refractivity contribution is 0.0710. The number of carbonyl (C=O) groups excluding carboxylic acids is 1. The zero-order valence-corrected chi connectivity index (χ0v) is 17.0. The molecule has 1 aliphatic rings. The van der Waals surface area contributed by atoms with E-state index in [4.69, 9.17) is 0 Å². The van der Waals surface area contributed by atoms with Crippen LogP contribution in [0.5, 0.6) is 0 Å². The summed E-state index contributed by atoms with van der Waals surface area (Å²) in [7, 11) is 3.98. The zero-order chi connectivity index (χ0) is 20.2. The van der Waals surface area contributed by atoms with E-state index in [0.717, 1.165) is 49.6 Å². The van der Waals surface area contributed by atoms with Crippen LogP contribution in [0.15, 0.2) is 61.2 Å². The van der Waals surface area contributed by atoms with Crippen molar-refractivity contribution in [2.45, 2.75) is 25.3 Å². The quantitative estimate of drug-likeness (QED) is 0.671. The topological polar surface area (TPSA) is 54.3 Å². The molecule has 4 rings (SSSR count). The summed E-state index contributed by atoms with van der Waals surface area (Å²) in [4.78, 5) is 25.7. The van der Waals surface area contributed by atoms with Gasteiger partial charge in [-0.2, -0.15) is 0 Å². The number of carbonyl (C=O) groups is 1. The minimum atomic E-state index is 0.118. The van der Waals surface area contributed by atoms with Crippen molar-refractivity contribution < 1.29 is 4.79 Å². The Bertz CT molecular complexity index is 958. The van der Waals surface area contributed by atoms with Crippen LogP contribution in [-0.2, 0) is 6.54 Å². The SMILES string of the molecule is CN(C)c1cccc(C(=O)N2CCC(c3nccn3Cc3ccncc3)CC2)c1. The monoisotopic (exact) mass is 389 g/mol. The molecule has 1 saturated heterocycles. The second-order valence-electron chi connectivity index (χ2n) is 7.78. The Labute approximate surface area is 171 Å². The standard InChI is InChI=1S/C23H27N5O/c1-26(2)21-5-3-4-20(16-21)23(29)27-13-8-19(9-14-27)22-25-12-15-28(22)17-18-6-10-24-11-7-18/h3-7,10-12,15-16,19H,8-9,13-14,17H2,1-2H3. The fourth-order valence-corrected chi connectivity index (χ4v) is 3.94. The smallest absolute Gasteiger partial charge is 0.253 e. The molecule has 6 heteroatoms. The molecule has 0 bridgehead atoms. The fourth-order valence-electron chi connectivity index (χ4n) is 3.94. The number of amides is 1. The van der Waals surface area contributed by atoms with Crippen molar-refractivity contribution in [1.82, 2.24) is 19.4 Å². The average Bonchev–Trinajstić information content (AvgIpc) is 3.22. The molecular weight excluding hydrogens is 362 g/mol. The fraction of sp³-hybridized carbons (Fsp3) is 0.348. The minimum absolute atomic E-state index is 0.118. The molecule has 1 aromatic carbocycles. The van der Waals surface area contributed by atoms with Crippen LogP contribution in [0.1, 0.15) is 40.5 Å². The van der Waals surface area contributed by atoms with Crippen LogP contribution in [-0.4, -0.2) is 52.5 Å². The third kappa shape index (κ3) is 4.31. The van der Waals surface area contributed by atoms with Crippen molar-refractivity contribution in [3.05, 3.63) is 78.1 Å². The molecule has 0 N–H and O–H groups in total. The maximum Gasteiger partial charge on any atom is 0.253 e. The summed E-state index contributed by atoms with van der Waals surface area (Å²) < 4.78 is 2.22. The lowest BCUT2D eigenvalue weighted by atomic mass is 9.95. The van der Waals surface area contributed by atoms with Gasteiger partial charge in [-0.25, -0.2) is 4.98 Å². The molecule has 150 valence electrons. The number of benzene rings is 1. The van der Waals surface area contributed by atoms with Crippen LogP contribution in [0.2, 0.25) is 0 Å². The van der Waals surface area contributed by atoms with Crippen molar-refractivity contribution in [3.8, 4) is 0 Å². The first kappa shape index (κ1) is 19.2. The van der Waals surface area contributed by atoms with Gasteiger partial charge in [0.2, 0.25) is 0 Å². The van der Waals surface area contributed by atoms with Crippen LogP contribution < -0.4 is 4.90 Å². The number of imidazole rings is 1. The summed E-state index contributed by atoms with van der Waals surface area (Å²) in [6.07, 6.45) is 9.43. The van der Waals surface area contributed by atoms with Gasteiger partial charge >= 0.3 is 0 Å². The summed E-state index contributed by atoms with van der Waals surface area (Å²) in [6, 6.07) is 11.9. The van der Waals surface area contributed by atoms with Crippen LogP contribution in [0.4, 0.5) is 5.69 Å². The van der Waals surface area contributed by atoms with Crippen molar-refractivity contribution in [2.75, 3.05) is 32.1 Å². The lowest BCUT2D eigenvalue weighted by Crippen LogP contribution is -2.38. The third-order valence-electron chi connectivity index (χ3n) is 5.61. The van der Waals surface area contributed by atoms with E-state index in [1.807, 2.05) is 85.1 Å². The number of nitrogens with zero attached hydrogens (tertiary/aromatic N) is 5. The summed E-state index contributed by atoms with van der Waals surface area (Å²) in [5.41, 5.74) is 3.02. The Hall–Kier alpha value is -3.15. The molecule has 29 heavy (non-hydrogen) atoms. The number of rotatable bonds is 5. The first-order valence-corrected chi connectivity index (χ1v) is 10.1. The molecule has 6 nitrogen and oxygen atoms in total. The zero-order valence-electron chi connectivity index (χ0n) is 17.0. The highest BCUT2D eigenvalue weighted by atomic mass is 16.2. The van der Waals surface area contributed by atoms with E-state index in [0.29, 0.717) is 5.92 Å². The van der Waals surface area contributed by atoms with Crippen molar-refractivity contribution in [3.63, 3.8) is 0 Å². The number of likely N-dealkylation sites (tertiary alicyclic amines) is 1. The van der Waals surface area contributed by atoms with Gasteiger partial charge in [-0.05, 0) is 48.7 Å². The van der Waals surface area contributed by atoms with E-state index in [9.17, 15) is 4.79 Å². The molecule has 0 radical (unpaired) electrons. The van der Waals surface area contributed by atoms with Crippen molar-refractivity contribution >= 4 is 11.6 Å². The summed E-state index contributed by atoms with van der Waals surface area (Å²) in [6.45, 7) is 2.32. The van der Waals surface area contributed by atoms with E-state index in [1.165, 1.54) is 5.56 Å². The number of anilines is 1. The molecule has 1 fully saturated rings. The lowest BCUT2D eigenvalue weighted by Gasteiger charge is -2.32. The second-order valence-corrected chi connectivity index (χ2v) is 7.78. The number of aromatic nitrogens is 3. The van der Waals surface area contributed by atoms with Gasteiger partial charge in [0.15, 0.2) is 0 Å². The Morgan fingerprint density at radius 2 is 1.86 bits per heavy atom. The van der Waals surface area contributed by atoms with Gasteiger partial charge in [-0.1, -0.05) is 6.07 Å². The van der Waals surface area contributed by atoms with E-state index in [2.05, 4.69) is 14.5 Å². The van der Waals surface area contributed by atoms with Crippen molar-refractivity contribution in [1.29, 1.82) is 0 Å². The number of hydrogen-bond acceptors (Lipinski definition) is 4. The third-order valence-corrected chi connectivity index (χ3v) is 5.61. The van der Waals surface area contributed by atoms with Crippen molar-refractivity contribution in [2.24, 2.45) is 0 Å². The Balaban J connectivity index is 1.41. The maximum absolute atomic E-state index is 13.0. The van der Waals surface area contributed by atoms with Gasteiger partial charge in [-0.3, -0.25) is 9.78 Å². The van der Waals surface area contributed by atoms with E-state index < -0.39 is 0 Å². The van der Waals surface area contributed by atoms with Crippen LogP contribution in [0.3, 0.4) is 0 Å². The predicted molar refractivity (Wildman–Crippen MR) is 114 cm³/mol. The van der Waals surface area contributed by atoms with Gasteiger partial charge < -0.3 is 14.4 Å². The van der Waals surface area contributed by atoms with Crippen LogP contribution in [0.25, 0.3) is 0 Å². The highest BCUT2D eigenvalue weighted by Gasteiger charge is 2.27. The van der Waals surface area contributed by atoms with Gasteiger partial charge in [0.05, 0.1) is 0 Å². The number of hydrogen-bond donors (Lipinski definition) is 0. The number of pyridine rings is 1. The Kier molecular flexibility index (Phi) is 5.60. The number of piperidine rings is 1. The van der Waals surface area contributed by atoms with Gasteiger partial charge in [0.1, 0.15) is 5.82 Å². The highest BCUT2D eigenvalue weighted by molar-refractivity contribution is 5.95. The normalized spacial score (nSPS) is 14.8. The summed E-state index contributed by atoms with van der Waals surface area (Å²) in [5.74, 6) is 1.61. The molecule has 0 spiro atoms. The van der Waals surface area contributed by atoms with Gasteiger partial charge in [-0.15, -0.1) is 0 Å². The summed E-state index contributed by atoms with van der Waals surface area (Å²) in [5, 5.41) is 0. The molecule has 0 aliphatic carbocycles. The Morgan fingerprint density at radius 1 is 1.10 bits per heavy atom. The molecule has 0 atom stereocenters. The first-order chi connectivity index (χ1) is 14.1. The Morgan fingerprint density at radius 3 is 2.59 bits per heavy atom. The van der Waals surface area contributed by atoms with Crippen LogP contribution in [0, 0.1) is 0 Å². The summed E-state index contributed by atoms with van der Waals surface area (Å²) >= 11 is 0. The molecule has 0 saturated carbocycles. The largest absolute Gasteiger partial charge is 0.378 e. The first-order valence-electron chi connectivity index (χ1n) is 10.1. The molecule has 2 aromatic heterocycles. The minimum Gasteiger partial charge on any atom is -0.378 e. The molecular formula is C23H27N5O. The molecule has 3 aromatic rings. The van der Waals surface area contributed by atoms with Gasteiger partial charge in [0, 0.05) is 75.7 Å². The molecule has 1 aliphatic heterocycles. The van der Waals surface area contributed by atoms with Gasteiger partial charge in [0.25, 0.3) is 5.91 Å². The molecule has 0 unspecified atom stereocenters. The molecule has 3 heterocycles. The van der Waals surface area contributed by atoms with E-state index in [-0.39, 0.29) is 5.91 Å². The van der Waals surface area contributed by atoms with E-state index in [1.54, 1.807) is 0 Å². The second kappa shape index (κ2) is 8.47. The maximum atomic E-state index is 13.0. The average molecular weight is 390 g/mol. The molecule has 1 amide bonds. The van der Waals surface area contributed by atoms with Crippen LogP contribution >= 0.6 is 0 Å².